The molecule has 1 rings (SSSR count). The molecule has 0 fully saturated rings. The molecule has 0 aliphatic heterocycles. The first-order valence-electron chi connectivity index (χ1n) is 8.28. The van der Waals surface area contributed by atoms with Gasteiger partial charge in [0.05, 0.1) is 25.7 Å². The maximum Gasteiger partial charge on any atom is 0.307 e. The third-order valence-electron chi connectivity index (χ3n) is 3.57. The number of halogens is 1. The van der Waals surface area contributed by atoms with Gasteiger partial charge >= 0.3 is 5.97 Å². The van der Waals surface area contributed by atoms with Crippen molar-refractivity contribution in [3.63, 3.8) is 0 Å². The highest BCUT2D eigenvalue weighted by Gasteiger charge is 2.27. The summed E-state index contributed by atoms with van der Waals surface area (Å²) in [6.45, 7) is 7.57. The van der Waals surface area contributed by atoms with E-state index in [2.05, 4.69) is 10.8 Å². The van der Waals surface area contributed by atoms with Crippen LogP contribution < -0.4 is 10.8 Å². The predicted octanol–water partition coefficient (Wildman–Crippen LogP) is 3.01. The summed E-state index contributed by atoms with van der Waals surface area (Å²) in [4.78, 5) is 29.8. The van der Waals surface area contributed by atoms with Crippen LogP contribution in [-0.4, -0.2) is 31.1 Å². The van der Waals surface area contributed by atoms with E-state index in [0.717, 1.165) is 5.56 Å². The fourth-order valence-corrected chi connectivity index (χ4v) is 2.29. The van der Waals surface area contributed by atoms with E-state index in [1.54, 1.807) is 24.3 Å². The second-order valence-electron chi connectivity index (χ2n) is 6.40. The van der Waals surface area contributed by atoms with Crippen LogP contribution in [0.25, 0.3) is 0 Å². The van der Waals surface area contributed by atoms with E-state index >= 15 is 0 Å². The highest BCUT2D eigenvalue weighted by molar-refractivity contribution is 6.30. The van der Waals surface area contributed by atoms with Gasteiger partial charge in [-0.15, -0.1) is 0 Å². The number of hydroxylamine groups is 1. The van der Waals surface area contributed by atoms with Crippen molar-refractivity contribution in [2.45, 2.75) is 52.3 Å². The van der Waals surface area contributed by atoms with Crippen molar-refractivity contribution < 1.29 is 19.2 Å². The number of nitrogens with one attached hydrogen (secondary N) is 2. The Morgan fingerprint density at radius 1 is 1.12 bits per heavy atom. The average molecular weight is 371 g/mol. The van der Waals surface area contributed by atoms with Crippen molar-refractivity contribution in [1.82, 2.24) is 10.8 Å². The second-order valence-corrected chi connectivity index (χ2v) is 6.84. The largest absolute Gasteiger partial charge is 0.469 e. The molecule has 1 aromatic carbocycles. The van der Waals surface area contributed by atoms with Crippen molar-refractivity contribution >= 4 is 23.5 Å². The monoisotopic (exact) mass is 370 g/mol. The van der Waals surface area contributed by atoms with Crippen LogP contribution in [0.15, 0.2) is 24.3 Å². The molecule has 0 heterocycles. The lowest BCUT2D eigenvalue weighted by atomic mass is 10.0. The Balaban J connectivity index is 2.91. The van der Waals surface area contributed by atoms with E-state index in [1.165, 1.54) is 7.11 Å². The first-order chi connectivity index (χ1) is 11.7. The first-order valence-corrected chi connectivity index (χ1v) is 8.66. The van der Waals surface area contributed by atoms with Crippen molar-refractivity contribution in [3.05, 3.63) is 34.9 Å². The maximum atomic E-state index is 12.7. The Morgan fingerprint density at radius 2 is 1.72 bits per heavy atom. The molecule has 0 aliphatic carbocycles. The molecule has 0 spiro atoms. The molecule has 0 aromatic heterocycles. The minimum Gasteiger partial charge on any atom is -0.469 e. The normalized spacial score (nSPS) is 13.6. The quantitative estimate of drug-likeness (QED) is 0.516. The van der Waals surface area contributed by atoms with Gasteiger partial charge in [0.15, 0.2) is 0 Å². The van der Waals surface area contributed by atoms with Crippen LogP contribution in [0.4, 0.5) is 0 Å². The highest BCUT2D eigenvalue weighted by atomic mass is 35.5. The van der Waals surface area contributed by atoms with Gasteiger partial charge < -0.3 is 10.1 Å². The summed E-state index contributed by atoms with van der Waals surface area (Å²) in [7, 11) is 1.32. The zero-order chi connectivity index (χ0) is 19.0. The van der Waals surface area contributed by atoms with Gasteiger partial charge in [0.2, 0.25) is 5.91 Å². The van der Waals surface area contributed by atoms with Crippen LogP contribution in [-0.2, 0) is 19.2 Å². The van der Waals surface area contributed by atoms with Crippen molar-refractivity contribution in [2.75, 3.05) is 7.11 Å². The van der Waals surface area contributed by atoms with Crippen molar-refractivity contribution in [3.8, 4) is 0 Å². The molecule has 1 unspecified atom stereocenters. The van der Waals surface area contributed by atoms with E-state index in [9.17, 15) is 9.59 Å². The molecule has 6 nitrogen and oxygen atoms in total. The maximum absolute atomic E-state index is 12.7. The van der Waals surface area contributed by atoms with Gasteiger partial charge in [-0.25, -0.2) is 0 Å². The Morgan fingerprint density at radius 3 is 2.20 bits per heavy atom. The summed E-state index contributed by atoms with van der Waals surface area (Å²) < 4.78 is 4.74. The minimum absolute atomic E-state index is 0.00254. The number of hydrogen-bond donors (Lipinski definition) is 2. The number of ether oxygens (including phenoxy) is 1. The summed E-state index contributed by atoms with van der Waals surface area (Å²) in [6.07, 6.45) is -0.0316. The van der Waals surface area contributed by atoms with Crippen LogP contribution in [0.2, 0.25) is 5.02 Å². The third-order valence-corrected chi connectivity index (χ3v) is 3.82. The number of esters is 1. The van der Waals surface area contributed by atoms with Crippen LogP contribution in [0.5, 0.6) is 0 Å². The standard InChI is InChI=1S/C18H27ClN2O4/c1-11(2)17(21-25-12(3)4)18(23)20-15(10-16(22)24-5)13-6-8-14(19)9-7-13/h6-9,11-12,15,17,21H,10H2,1-5H3,(H,20,23)/t15?,17-/m0/s1. The average Bonchev–Trinajstić information content (AvgIpc) is 2.54. The zero-order valence-electron chi connectivity index (χ0n) is 15.3. The molecule has 7 heteroatoms. The number of hydrogen-bond acceptors (Lipinski definition) is 5. The van der Waals surface area contributed by atoms with Crippen LogP contribution in [0, 0.1) is 5.92 Å². The predicted molar refractivity (Wildman–Crippen MR) is 97.0 cm³/mol. The molecule has 25 heavy (non-hydrogen) atoms. The lowest BCUT2D eigenvalue weighted by Crippen LogP contribution is -2.49. The molecule has 0 saturated heterocycles. The summed E-state index contributed by atoms with van der Waals surface area (Å²) in [5.41, 5.74) is 3.58. The number of rotatable bonds is 9. The molecule has 140 valence electrons. The number of carbonyl (C=O) groups is 2. The van der Waals surface area contributed by atoms with E-state index in [-0.39, 0.29) is 24.3 Å². The van der Waals surface area contributed by atoms with Gasteiger partial charge in [-0.05, 0) is 37.5 Å². The van der Waals surface area contributed by atoms with Gasteiger partial charge in [0.25, 0.3) is 0 Å². The molecular formula is C18H27ClN2O4. The lowest BCUT2D eigenvalue weighted by molar-refractivity contribution is -0.141. The number of amides is 1. The molecule has 0 aliphatic rings. The summed E-state index contributed by atoms with van der Waals surface area (Å²) >= 11 is 5.91. The Bertz CT molecular complexity index is 561. The number of carbonyl (C=O) groups excluding carboxylic acids is 2. The fourth-order valence-electron chi connectivity index (χ4n) is 2.16. The SMILES string of the molecule is COC(=O)CC(NC(=O)[C@@H](NOC(C)C)C(C)C)c1ccc(Cl)cc1. The van der Waals surface area contributed by atoms with E-state index in [4.69, 9.17) is 21.2 Å². The smallest absolute Gasteiger partial charge is 0.307 e. The van der Waals surface area contributed by atoms with Gasteiger partial charge in [-0.3, -0.25) is 14.4 Å². The Labute approximate surface area is 154 Å². The highest BCUT2D eigenvalue weighted by Crippen LogP contribution is 2.20. The molecule has 2 N–H and O–H groups in total. The van der Waals surface area contributed by atoms with Crippen LogP contribution in [0.1, 0.15) is 45.7 Å². The van der Waals surface area contributed by atoms with E-state index in [0.29, 0.717) is 5.02 Å². The molecular weight excluding hydrogens is 344 g/mol. The number of benzene rings is 1. The van der Waals surface area contributed by atoms with Crippen molar-refractivity contribution in [2.24, 2.45) is 5.92 Å². The molecule has 0 bridgehead atoms. The topological polar surface area (TPSA) is 76.7 Å². The van der Waals surface area contributed by atoms with Crippen molar-refractivity contribution in [1.29, 1.82) is 0 Å². The third kappa shape index (κ3) is 7.42. The summed E-state index contributed by atoms with van der Waals surface area (Å²) in [5.74, 6) is -0.657. The van der Waals surface area contributed by atoms with E-state index in [1.807, 2.05) is 27.7 Å². The lowest BCUT2D eigenvalue weighted by Gasteiger charge is -2.26. The molecule has 2 atom stereocenters. The summed E-state index contributed by atoms with van der Waals surface area (Å²) in [5, 5.41) is 3.48. The van der Waals surface area contributed by atoms with Crippen LogP contribution >= 0.6 is 11.6 Å². The van der Waals surface area contributed by atoms with Crippen LogP contribution in [0.3, 0.4) is 0 Å². The molecule has 0 saturated carbocycles. The molecule has 0 radical (unpaired) electrons. The van der Waals surface area contributed by atoms with Gasteiger partial charge in [0, 0.05) is 5.02 Å². The van der Waals surface area contributed by atoms with Gasteiger partial charge in [-0.2, -0.15) is 5.48 Å². The van der Waals surface area contributed by atoms with Gasteiger partial charge in [-0.1, -0.05) is 37.6 Å². The summed E-state index contributed by atoms with van der Waals surface area (Å²) in [6, 6.07) is 5.92. The van der Waals surface area contributed by atoms with Gasteiger partial charge in [0.1, 0.15) is 6.04 Å². The zero-order valence-corrected chi connectivity index (χ0v) is 16.1. The molecule has 1 aromatic rings. The minimum atomic E-state index is -0.546. The molecule has 1 amide bonds. The first kappa shape index (κ1) is 21.4. The fraction of sp³-hybridized carbons (Fsp3) is 0.556. The van der Waals surface area contributed by atoms with E-state index < -0.39 is 18.1 Å². The Hall–Kier alpha value is -1.63. The Kier molecular flexibility index (Phi) is 8.89. The number of methoxy groups -OCH3 is 1. The second kappa shape index (κ2) is 10.4.